The maximum Gasteiger partial charge on any atom is 0.149 e. The number of aromatic nitrogens is 1. The summed E-state index contributed by atoms with van der Waals surface area (Å²) in [6.45, 7) is 1.98. The molecule has 0 atom stereocenters. The zero-order valence-corrected chi connectivity index (χ0v) is 10.7. The van der Waals surface area contributed by atoms with E-state index >= 15 is 0 Å². The number of rotatable bonds is 2. The number of hydrogen-bond acceptors (Lipinski definition) is 3. The number of aryl methyl sites for hydroxylation is 1. The average Bonchev–Trinajstić information content (AvgIpc) is 2.27. The molecule has 2 aromatic rings. The van der Waals surface area contributed by atoms with Crippen molar-refractivity contribution >= 4 is 40.4 Å². The predicted molar refractivity (Wildman–Crippen MR) is 73.1 cm³/mol. The Hall–Kier alpha value is -1.45. The van der Waals surface area contributed by atoms with E-state index in [4.69, 9.17) is 28.9 Å². The molecule has 88 valence electrons. The molecule has 0 spiro atoms. The van der Waals surface area contributed by atoms with Crippen molar-refractivity contribution in [3.05, 3.63) is 46.1 Å². The normalized spacial score (nSPS) is 10.3. The monoisotopic (exact) mass is 267 g/mol. The number of nitrogens with two attached hydrogens (primary N) is 1. The van der Waals surface area contributed by atoms with Gasteiger partial charge < -0.3 is 11.1 Å². The highest BCUT2D eigenvalue weighted by Gasteiger charge is 2.05. The number of halogens is 2. The SMILES string of the molecule is Cc1ccc(Cl)cc1Nc1ncc(N)cc1Cl. The summed E-state index contributed by atoms with van der Waals surface area (Å²) in [5, 5.41) is 4.26. The summed E-state index contributed by atoms with van der Waals surface area (Å²) in [4.78, 5) is 4.13. The standard InChI is InChI=1S/C12H11Cl2N3/c1-7-2-3-8(13)4-11(7)17-12-10(14)5-9(15)6-16-12/h2-6H,15H2,1H3,(H,16,17). The van der Waals surface area contributed by atoms with Crippen molar-refractivity contribution in [2.75, 3.05) is 11.1 Å². The molecule has 3 nitrogen and oxygen atoms in total. The molecule has 3 N–H and O–H groups in total. The molecule has 0 saturated carbocycles. The molecule has 0 saturated heterocycles. The first-order chi connectivity index (χ1) is 8.06. The Kier molecular flexibility index (Phi) is 3.41. The van der Waals surface area contributed by atoms with Gasteiger partial charge in [-0.15, -0.1) is 0 Å². The Morgan fingerprint density at radius 1 is 1.24 bits per heavy atom. The molecular weight excluding hydrogens is 257 g/mol. The minimum Gasteiger partial charge on any atom is -0.397 e. The van der Waals surface area contributed by atoms with Crippen molar-refractivity contribution in [3.63, 3.8) is 0 Å². The first kappa shape index (κ1) is 12.0. The number of hydrogen-bond donors (Lipinski definition) is 2. The Morgan fingerprint density at radius 3 is 2.71 bits per heavy atom. The van der Waals surface area contributed by atoms with Crippen LogP contribution in [0.25, 0.3) is 0 Å². The number of nitrogens with zero attached hydrogens (tertiary/aromatic N) is 1. The van der Waals surface area contributed by atoms with E-state index in [1.54, 1.807) is 12.3 Å². The fourth-order valence-corrected chi connectivity index (χ4v) is 1.80. The van der Waals surface area contributed by atoms with E-state index in [9.17, 15) is 0 Å². The Morgan fingerprint density at radius 2 is 2.00 bits per heavy atom. The largest absolute Gasteiger partial charge is 0.397 e. The van der Waals surface area contributed by atoms with Crippen LogP contribution < -0.4 is 11.1 Å². The van der Waals surface area contributed by atoms with Crippen LogP contribution in [0.4, 0.5) is 17.2 Å². The molecule has 2 rings (SSSR count). The second-order valence-corrected chi connectivity index (χ2v) is 4.53. The van der Waals surface area contributed by atoms with Gasteiger partial charge in [-0.25, -0.2) is 4.98 Å². The third-order valence-electron chi connectivity index (χ3n) is 2.32. The van der Waals surface area contributed by atoms with Crippen molar-refractivity contribution in [1.29, 1.82) is 0 Å². The molecule has 0 unspecified atom stereocenters. The molecule has 0 fully saturated rings. The van der Waals surface area contributed by atoms with Crippen LogP contribution in [-0.4, -0.2) is 4.98 Å². The molecule has 0 bridgehead atoms. The van der Waals surface area contributed by atoms with Crippen molar-refractivity contribution < 1.29 is 0 Å². The van der Waals surface area contributed by atoms with Crippen molar-refractivity contribution in [1.82, 2.24) is 4.98 Å². The lowest BCUT2D eigenvalue weighted by atomic mass is 10.2. The van der Waals surface area contributed by atoms with Crippen molar-refractivity contribution in [2.24, 2.45) is 0 Å². The second-order valence-electron chi connectivity index (χ2n) is 3.68. The summed E-state index contributed by atoms with van der Waals surface area (Å²) in [6.07, 6.45) is 1.55. The highest BCUT2D eigenvalue weighted by atomic mass is 35.5. The van der Waals surface area contributed by atoms with Crippen molar-refractivity contribution in [3.8, 4) is 0 Å². The minimum atomic E-state index is 0.476. The maximum absolute atomic E-state index is 6.03. The Labute approximate surface area is 110 Å². The summed E-state index contributed by atoms with van der Waals surface area (Å²) in [5.41, 5.74) is 8.04. The van der Waals surface area contributed by atoms with Crippen LogP contribution in [-0.2, 0) is 0 Å². The average molecular weight is 268 g/mol. The lowest BCUT2D eigenvalue weighted by Gasteiger charge is -2.10. The van der Waals surface area contributed by atoms with E-state index in [0.29, 0.717) is 21.6 Å². The minimum absolute atomic E-state index is 0.476. The third kappa shape index (κ3) is 2.81. The van der Waals surface area contributed by atoms with Gasteiger partial charge in [0.2, 0.25) is 0 Å². The van der Waals surface area contributed by atoms with Crippen LogP contribution in [0.1, 0.15) is 5.56 Å². The first-order valence-electron chi connectivity index (χ1n) is 5.00. The molecule has 1 aromatic heterocycles. The van der Waals surface area contributed by atoms with Gasteiger partial charge in [-0.1, -0.05) is 29.3 Å². The lowest BCUT2D eigenvalue weighted by molar-refractivity contribution is 1.30. The molecule has 0 aliphatic carbocycles. The highest BCUT2D eigenvalue weighted by molar-refractivity contribution is 6.33. The second kappa shape index (κ2) is 4.82. The van der Waals surface area contributed by atoms with Crippen LogP contribution in [0.3, 0.4) is 0 Å². The predicted octanol–water partition coefficient (Wildman–Crippen LogP) is 4.02. The van der Waals surface area contributed by atoms with Crippen LogP contribution in [0, 0.1) is 6.92 Å². The number of benzene rings is 1. The maximum atomic E-state index is 6.03. The lowest BCUT2D eigenvalue weighted by Crippen LogP contribution is -1.97. The number of anilines is 3. The molecular formula is C12H11Cl2N3. The van der Waals surface area contributed by atoms with Gasteiger partial charge in [0.1, 0.15) is 5.82 Å². The van der Waals surface area contributed by atoms with E-state index in [1.165, 1.54) is 0 Å². The molecule has 5 heteroatoms. The van der Waals surface area contributed by atoms with Crippen LogP contribution in [0.2, 0.25) is 10.0 Å². The molecule has 1 aromatic carbocycles. The zero-order valence-electron chi connectivity index (χ0n) is 9.17. The Bertz CT molecular complexity index is 555. The molecule has 17 heavy (non-hydrogen) atoms. The molecule has 0 radical (unpaired) electrons. The number of nitrogens with one attached hydrogen (secondary N) is 1. The number of pyridine rings is 1. The summed E-state index contributed by atoms with van der Waals surface area (Å²) < 4.78 is 0. The van der Waals surface area contributed by atoms with Crippen LogP contribution >= 0.6 is 23.2 Å². The number of nitrogen functional groups attached to an aromatic ring is 1. The van der Waals surface area contributed by atoms with Gasteiger partial charge in [0, 0.05) is 10.7 Å². The van der Waals surface area contributed by atoms with E-state index < -0.39 is 0 Å². The van der Waals surface area contributed by atoms with Crippen LogP contribution in [0.15, 0.2) is 30.5 Å². The fraction of sp³-hybridized carbons (Fsp3) is 0.0833. The summed E-state index contributed by atoms with van der Waals surface area (Å²) in [7, 11) is 0. The van der Waals surface area contributed by atoms with Gasteiger partial charge >= 0.3 is 0 Å². The quantitative estimate of drug-likeness (QED) is 0.864. The summed E-state index contributed by atoms with van der Waals surface area (Å²) in [5.74, 6) is 0.561. The molecule has 0 aliphatic heterocycles. The van der Waals surface area contributed by atoms with Crippen LogP contribution in [0.5, 0.6) is 0 Å². The molecule has 1 heterocycles. The highest BCUT2D eigenvalue weighted by Crippen LogP contribution is 2.28. The van der Waals surface area contributed by atoms with E-state index in [-0.39, 0.29) is 0 Å². The fourth-order valence-electron chi connectivity index (χ4n) is 1.40. The Balaban J connectivity index is 2.34. The van der Waals surface area contributed by atoms with Gasteiger partial charge in [-0.05, 0) is 30.7 Å². The first-order valence-corrected chi connectivity index (χ1v) is 5.76. The summed E-state index contributed by atoms with van der Waals surface area (Å²) >= 11 is 12.0. The van der Waals surface area contributed by atoms with E-state index in [0.717, 1.165) is 11.3 Å². The smallest absolute Gasteiger partial charge is 0.149 e. The van der Waals surface area contributed by atoms with Crippen molar-refractivity contribution in [2.45, 2.75) is 6.92 Å². The van der Waals surface area contributed by atoms with Gasteiger partial charge in [-0.3, -0.25) is 0 Å². The zero-order chi connectivity index (χ0) is 12.4. The topological polar surface area (TPSA) is 50.9 Å². The molecule has 0 amide bonds. The third-order valence-corrected chi connectivity index (χ3v) is 2.84. The molecule has 0 aliphatic rings. The van der Waals surface area contributed by atoms with Gasteiger partial charge in [0.15, 0.2) is 0 Å². The van der Waals surface area contributed by atoms with Gasteiger partial charge in [-0.2, -0.15) is 0 Å². The van der Waals surface area contributed by atoms with Gasteiger partial charge in [0.05, 0.1) is 16.9 Å². The van der Waals surface area contributed by atoms with E-state index in [2.05, 4.69) is 10.3 Å². The van der Waals surface area contributed by atoms with E-state index in [1.807, 2.05) is 25.1 Å². The van der Waals surface area contributed by atoms with Gasteiger partial charge in [0.25, 0.3) is 0 Å². The summed E-state index contributed by atoms with van der Waals surface area (Å²) in [6, 6.07) is 7.23.